The van der Waals surface area contributed by atoms with Crippen LogP contribution in [-0.4, -0.2) is 53.9 Å². The van der Waals surface area contributed by atoms with E-state index >= 15 is 0 Å². The van der Waals surface area contributed by atoms with Gasteiger partial charge in [0.1, 0.15) is 0 Å². The summed E-state index contributed by atoms with van der Waals surface area (Å²) < 4.78 is 33.0. The van der Waals surface area contributed by atoms with Gasteiger partial charge < -0.3 is 10.1 Å². The Morgan fingerprint density at radius 1 is 0.969 bits per heavy atom. The highest BCUT2D eigenvalue weighted by atomic mass is 32.2. The molecular weight excluding hydrogens is 428 g/mol. The van der Waals surface area contributed by atoms with E-state index in [2.05, 4.69) is 15.3 Å². The van der Waals surface area contributed by atoms with E-state index in [-0.39, 0.29) is 23.0 Å². The van der Waals surface area contributed by atoms with Crippen LogP contribution in [-0.2, 0) is 14.8 Å². The molecule has 1 fully saturated rings. The van der Waals surface area contributed by atoms with E-state index in [0.717, 1.165) is 5.56 Å². The number of anilines is 1. The third-order valence-electron chi connectivity index (χ3n) is 5.08. The normalized spacial score (nSPS) is 19.4. The van der Waals surface area contributed by atoms with Crippen LogP contribution in [0, 0.1) is 0 Å². The van der Waals surface area contributed by atoms with Gasteiger partial charge in [0.05, 0.1) is 22.7 Å². The Balaban J connectivity index is 1.44. The topological polar surface area (TPSA) is 101 Å². The number of benzene rings is 2. The third-order valence-corrected chi connectivity index (χ3v) is 6.93. The lowest BCUT2D eigenvalue weighted by atomic mass is 10.2. The summed E-state index contributed by atoms with van der Waals surface area (Å²) in [6, 6.07) is 15.6. The molecule has 0 aliphatic carbocycles. The van der Waals surface area contributed by atoms with E-state index in [4.69, 9.17) is 4.74 Å². The number of amides is 1. The van der Waals surface area contributed by atoms with Crippen molar-refractivity contribution in [2.45, 2.75) is 31.0 Å². The van der Waals surface area contributed by atoms with Gasteiger partial charge in [0, 0.05) is 36.7 Å². The van der Waals surface area contributed by atoms with Crippen molar-refractivity contribution in [3.8, 4) is 11.4 Å². The first kappa shape index (κ1) is 22.1. The molecule has 1 aliphatic rings. The van der Waals surface area contributed by atoms with Crippen LogP contribution >= 0.6 is 0 Å². The lowest BCUT2D eigenvalue weighted by molar-refractivity contribution is -0.0440. The molecule has 0 spiro atoms. The van der Waals surface area contributed by atoms with Crippen LogP contribution in [0.4, 0.5) is 5.69 Å². The lowest BCUT2D eigenvalue weighted by Crippen LogP contribution is -2.48. The molecule has 2 atom stereocenters. The molecule has 0 bridgehead atoms. The predicted octanol–water partition coefficient (Wildman–Crippen LogP) is 3.19. The van der Waals surface area contributed by atoms with Gasteiger partial charge in [-0.3, -0.25) is 4.79 Å². The average molecular weight is 453 g/mol. The first-order valence-electron chi connectivity index (χ1n) is 10.3. The van der Waals surface area contributed by atoms with Crippen LogP contribution in [0.5, 0.6) is 0 Å². The van der Waals surface area contributed by atoms with Crippen LogP contribution in [0.3, 0.4) is 0 Å². The highest BCUT2D eigenvalue weighted by Crippen LogP contribution is 2.23. The Morgan fingerprint density at radius 2 is 1.56 bits per heavy atom. The second-order valence-electron chi connectivity index (χ2n) is 7.72. The molecule has 32 heavy (non-hydrogen) atoms. The van der Waals surface area contributed by atoms with Gasteiger partial charge in [-0.05, 0) is 38.1 Å². The standard InChI is InChI=1S/C23H24N4O4S/c1-16-14-27(15-17(2)31-16)32(29,30)21-10-8-20(9-11-21)26-23(28)19-12-24-22(25-13-19)18-6-4-3-5-7-18/h3-13,16-17H,14-15H2,1-2H3,(H,26,28). The van der Waals surface area contributed by atoms with Gasteiger partial charge in [-0.15, -0.1) is 0 Å². The van der Waals surface area contributed by atoms with Gasteiger partial charge in [0.25, 0.3) is 5.91 Å². The number of rotatable bonds is 5. The van der Waals surface area contributed by atoms with Crippen LogP contribution < -0.4 is 5.32 Å². The van der Waals surface area contributed by atoms with Crippen LogP contribution in [0.25, 0.3) is 11.4 Å². The van der Waals surface area contributed by atoms with Crippen molar-refractivity contribution in [3.05, 3.63) is 72.6 Å². The maximum atomic E-state index is 12.9. The molecule has 1 aliphatic heterocycles. The van der Waals surface area contributed by atoms with Crippen molar-refractivity contribution in [1.29, 1.82) is 0 Å². The average Bonchev–Trinajstić information content (AvgIpc) is 2.79. The summed E-state index contributed by atoms with van der Waals surface area (Å²) in [6.07, 6.45) is 2.60. The largest absolute Gasteiger partial charge is 0.373 e. The van der Waals surface area contributed by atoms with E-state index in [1.165, 1.54) is 28.8 Å². The molecule has 2 heterocycles. The molecule has 1 saturated heterocycles. The zero-order chi connectivity index (χ0) is 22.7. The van der Waals surface area contributed by atoms with Gasteiger partial charge in [-0.2, -0.15) is 4.31 Å². The predicted molar refractivity (Wildman–Crippen MR) is 121 cm³/mol. The molecular formula is C23H24N4O4S. The molecule has 4 rings (SSSR count). The zero-order valence-corrected chi connectivity index (χ0v) is 18.6. The molecule has 3 aromatic rings. The third kappa shape index (κ3) is 4.85. The van der Waals surface area contributed by atoms with Gasteiger partial charge in [-0.1, -0.05) is 30.3 Å². The van der Waals surface area contributed by atoms with E-state index in [9.17, 15) is 13.2 Å². The molecule has 2 aromatic carbocycles. The quantitative estimate of drug-likeness (QED) is 0.638. The Labute approximate surface area is 187 Å². The minimum absolute atomic E-state index is 0.164. The minimum atomic E-state index is -3.64. The number of sulfonamides is 1. The van der Waals surface area contributed by atoms with E-state index in [1.807, 2.05) is 44.2 Å². The highest BCUT2D eigenvalue weighted by Gasteiger charge is 2.32. The van der Waals surface area contributed by atoms with Crippen molar-refractivity contribution in [1.82, 2.24) is 14.3 Å². The van der Waals surface area contributed by atoms with Gasteiger partial charge >= 0.3 is 0 Å². The number of nitrogens with one attached hydrogen (secondary N) is 1. The summed E-state index contributed by atoms with van der Waals surface area (Å²) in [5, 5.41) is 2.74. The van der Waals surface area contributed by atoms with Crippen molar-refractivity contribution >= 4 is 21.6 Å². The minimum Gasteiger partial charge on any atom is -0.373 e. The molecule has 166 valence electrons. The highest BCUT2D eigenvalue weighted by molar-refractivity contribution is 7.89. The number of nitrogens with zero attached hydrogens (tertiary/aromatic N) is 3. The van der Waals surface area contributed by atoms with Crippen LogP contribution in [0.1, 0.15) is 24.2 Å². The Hall–Kier alpha value is -3.14. The monoisotopic (exact) mass is 452 g/mol. The fraction of sp³-hybridized carbons (Fsp3) is 0.261. The molecule has 2 unspecified atom stereocenters. The molecule has 9 heteroatoms. The second kappa shape index (κ2) is 9.15. The fourth-order valence-corrected chi connectivity index (χ4v) is 5.16. The zero-order valence-electron chi connectivity index (χ0n) is 17.8. The van der Waals surface area contributed by atoms with E-state index in [1.54, 1.807) is 12.1 Å². The SMILES string of the molecule is CC1CN(S(=O)(=O)c2ccc(NC(=O)c3cnc(-c4ccccc4)nc3)cc2)CC(C)O1. The number of hydrogen-bond donors (Lipinski definition) is 1. The van der Waals surface area contributed by atoms with Crippen molar-refractivity contribution in [2.24, 2.45) is 0 Å². The summed E-state index contributed by atoms with van der Waals surface area (Å²) >= 11 is 0. The number of carbonyl (C=O) groups excluding carboxylic acids is 1. The van der Waals surface area contributed by atoms with Crippen molar-refractivity contribution < 1.29 is 17.9 Å². The van der Waals surface area contributed by atoms with Crippen LogP contribution in [0.2, 0.25) is 0 Å². The summed E-state index contributed by atoms with van der Waals surface area (Å²) in [4.78, 5) is 21.2. The summed E-state index contributed by atoms with van der Waals surface area (Å²) in [5.41, 5.74) is 1.64. The Morgan fingerprint density at radius 3 is 2.16 bits per heavy atom. The number of hydrogen-bond acceptors (Lipinski definition) is 6. The maximum Gasteiger partial charge on any atom is 0.258 e. The summed E-state index contributed by atoms with van der Waals surface area (Å²) in [7, 11) is -3.64. The molecule has 8 nitrogen and oxygen atoms in total. The second-order valence-corrected chi connectivity index (χ2v) is 9.66. The number of aromatic nitrogens is 2. The Kier molecular flexibility index (Phi) is 6.31. The number of carbonyl (C=O) groups is 1. The van der Waals surface area contributed by atoms with Crippen molar-refractivity contribution in [3.63, 3.8) is 0 Å². The van der Waals surface area contributed by atoms with Crippen molar-refractivity contribution in [2.75, 3.05) is 18.4 Å². The van der Waals surface area contributed by atoms with Gasteiger partial charge in [0.15, 0.2) is 5.82 Å². The van der Waals surface area contributed by atoms with E-state index in [0.29, 0.717) is 30.2 Å². The molecule has 1 amide bonds. The first-order chi connectivity index (χ1) is 15.3. The summed E-state index contributed by atoms with van der Waals surface area (Å²) in [6.45, 7) is 4.33. The molecule has 0 saturated carbocycles. The molecule has 1 N–H and O–H groups in total. The summed E-state index contributed by atoms with van der Waals surface area (Å²) in [5.74, 6) is 0.152. The van der Waals surface area contributed by atoms with Gasteiger partial charge in [-0.25, -0.2) is 18.4 Å². The first-order valence-corrected chi connectivity index (χ1v) is 11.7. The lowest BCUT2D eigenvalue weighted by Gasteiger charge is -2.34. The molecule has 0 radical (unpaired) electrons. The fourth-order valence-electron chi connectivity index (χ4n) is 3.57. The number of ether oxygens (including phenoxy) is 1. The molecule has 1 aromatic heterocycles. The van der Waals surface area contributed by atoms with Gasteiger partial charge in [0.2, 0.25) is 10.0 Å². The van der Waals surface area contributed by atoms with Crippen LogP contribution in [0.15, 0.2) is 71.9 Å². The number of morpholine rings is 1. The Bertz CT molecular complexity index is 1170. The van der Waals surface area contributed by atoms with E-state index < -0.39 is 10.0 Å². The maximum absolute atomic E-state index is 12.9. The smallest absolute Gasteiger partial charge is 0.258 e.